The van der Waals surface area contributed by atoms with Gasteiger partial charge in [0.25, 0.3) is 5.91 Å². The molecule has 1 atom stereocenters. The zero-order valence-electron chi connectivity index (χ0n) is 10.2. The van der Waals surface area contributed by atoms with Crippen LogP contribution in [-0.2, 0) is 6.18 Å². The third-order valence-electron chi connectivity index (χ3n) is 2.43. The number of amides is 1. The first-order valence-electron chi connectivity index (χ1n) is 5.54. The Balaban J connectivity index is 2.96. The van der Waals surface area contributed by atoms with E-state index in [2.05, 4.69) is 11.9 Å². The van der Waals surface area contributed by atoms with Gasteiger partial charge in [-0.3, -0.25) is 4.79 Å². The fraction of sp³-hybridized carbons (Fsp3) is 0.308. The minimum absolute atomic E-state index is 0.232. The van der Waals surface area contributed by atoms with E-state index in [-0.39, 0.29) is 11.6 Å². The molecule has 2 nitrogen and oxygen atoms in total. The molecule has 0 bridgehead atoms. The summed E-state index contributed by atoms with van der Waals surface area (Å²) in [4.78, 5) is 11.7. The van der Waals surface area contributed by atoms with Crippen molar-refractivity contribution in [2.24, 2.45) is 0 Å². The molecule has 0 aliphatic rings. The van der Waals surface area contributed by atoms with Gasteiger partial charge in [-0.05, 0) is 31.5 Å². The third kappa shape index (κ3) is 4.08. The minimum Gasteiger partial charge on any atom is -0.349 e. The molecule has 6 heteroatoms. The zero-order chi connectivity index (χ0) is 14.6. The summed E-state index contributed by atoms with van der Waals surface area (Å²) in [5.74, 6) is -2.08. The Bertz CT molecular complexity index is 482. The minimum atomic E-state index is -4.83. The maximum Gasteiger partial charge on any atom is 0.419 e. The average molecular weight is 275 g/mol. The Morgan fingerprint density at radius 2 is 2.11 bits per heavy atom. The molecule has 1 unspecified atom stereocenters. The number of benzene rings is 1. The molecular weight excluding hydrogens is 262 g/mol. The van der Waals surface area contributed by atoms with Gasteiger partial charge < -0.3 is 5.32 Å². The van der Waals surface area contributed by atoms with Gasteiger partial charge in [-0.25, -0.2) is 4.39 Å². The Kier molecular flexibility index (Phi) is 4.69. The number of carbonyl (C=O) groups excluding carboxylic acids is 1. The maximum absolute atomic E-state index is 13.0. The van der Waals surface area contributed by atoms with Gasteiger partial charge in [-0.15, -0.1) is 6.58 Å². The van der Waals surface area contributed by atoms with Crippen LogP contribution < -0.4 is 5.32 Å². The van der Waals surface area contributed by atoms with Crippen LogP contribution in [-0.4, -0.2) is 11.9 Å². The van der Waals surface area contributed by atoms with Crippen LogP contribution in [0, 0.1) is 5.82 Å². The van der Waals surface area contributed by atoms with Crippen LogP contribution in [0.5, 0.6) is 0 Å². The van der Waals surface area contributed by atoms with Gasteiger partial charge in [-0.2, -0.15) is 13.2 Å². The number of hydrogen-bond acceptors (Lipinski definition) is 1. The Labute approximate surface area is 108 Å². The van der Waals surface area contributed by atoms with Crippen molar-refractivity contribution < 1.29 is 22.4 Å². The molecule has 1 aromatic carbocycles. The van der Waals surface area contributed by atoms with Crippen LogP contribution in [0.3, 0.4) is 0 Å². The first kappa shape index (κ1) is 15.2. The summed E-state index contributed by atoms with van der Waals surface area (Å²) in [6.45, 7) is 5.18. The fourth-order valence-corrected chi connectivity index (χ4v) is 1.50. The van der Waals surface area contributed by atoms with Crippen LogP contribution in [0.25, 0.3) is 0 Å². The highest BCUT2D eigenvalue weighted by Gasteiger charge is 2.34. The molecule has 1 amide bonds. The van der Waals surface area contributed by atoms with Crippen molar-refractivity contribution in [1.82, 2.24) is 5.32 Å². The largest absolute Gasteiger partial charge is 0.419 e. The summed E-state index contributed by atoms with van der Waals surface area (Å²) in [5.41, 5.74) is -1.68. The van der Waals surface area contributed by atoms with Gasteiger partial charge in [0.2, 0.25) is 0 Å². The lowest BCUT2D eigenvalue weighted by Gasteiger charge is -2.13. The van der Waals surface area contributed by atoms with Gasteiger partial charge >= 0.3 is 6.18 Å². The molecule has 0 saturated heterocycles. The van der Waals surface area contributed by atoms with Gasteiger partial charge in [0.05, 0.1) is 5.56 Å². The predicted octanol–water partition coefficient (Wildman–Crippen LogP) is 3.54. The van der Waals surface area contributed by atoms with E-state index in [9.17, 15) is 22.4 Å². The summed E-state index contributed by atoms with van der Waals surface area (Å²) >= 11 is 0. The SMILES string of the molecule is C=CCC(C)NC(=O)c1ccc(F)c(C(F)(F)F)c1. The molecule has 0 radical (unpaired) electrons. The number of rotatable bonds is 4. The maximum atomic E-state index is 13.0. The van der Waals surface area contributed by atoms with E-state index in [0.717, 1.165) is 6.07 Å². The van der Waals surface area contributed by atoms with Crippen LogP contribution in [0.15, 0.2) is 30.9 Å². The first-order valence-corrected chi connectivity index (χ1v) is 5.54. The van der Waals surface area contributed by atoms with Crippen molar-refractivity contribution in [3.8, 4) is 0 Å². The lowest BCUT2D eigenvalue weighted by atomic mass is 10.1. The van der Waals surface area contributed by atoms with Crippen molar-refractivity contribution >= 4 is 5.91 Å². The number of alkyl halides is 3. The van der Waals surface area contributed by atoms with Gasteiger partial charge in [0, 0.05) is 11.6 Å². The van der Waals surface area contributed by atoms with Gasteiger partial charge in [-0.1, -0.05) is 6.08 Å². The third-order valence-corrected chi connectivity index (χ3v) is 2.43. The van der Waals surface area contributed by atoms with Crippen LogP contribution in [0.2, 0.25) is 0 Å². The monoisotopic (exact) mass is 275 g/mol. The van der Waals surface area contributed by atoms with Gasteiger partial charge in [0.1, 0.15) is 5.82 Å². The van der Waals surface area contributed by atoms with E-state index < -0.39 is 23.5 Å². The molecule has 0 heterocycles. The summed E-state index contributed by atoms with van der Waals surface area (Å²) in [6.07, 6.45) is -2.76. The molecule has 0 aliphatic heterocycles. The van der Waals surface area contributed by atoms with Crippen molar-refractivity contribution in [3.05, 3.63) is 47.8 Å². The number of nitrogens with one attached hydrogen (secondary N) is 1. The standard InChI is InChI=1S/C13H13F4NO/c1-3-4-8(2)18-12(19)9-5-6-11(14)10(7-9)13(15,16)17/h3,5-8H,1,4H2,2H3,(H,18,19). The number of hydrogen-bond donors (Lipinski definition) is 1. The lowest BCUT2D eigenvalue weighted by Crippen LogP contribution is -2.32. The van der Waals surface area contributed by atoms with Crippen molar-refractivity contribution in [1.29, 1.82) is 0 Å². The van der Waals surface area contributed by atoms with Crippen molar-refractivity contribution in [2.75, 3.05) is 0 Å². The molecule has 1 aromatic rings. The lowest BCUT2D eigenvalue weighted by molar-refractivity contribution is -0.140. The van der Waals surface area contributed by atoms with Crippen LogP contribution in [0.1, 0.15) is 29.3 Å². The summed E-state index contributed by atoms with van der Waals surface area (Å²) in [7, 11) is 0. The van der Waals surface area contributed by atoms with Crippen molar-refractivity contribution in [2.45, 2.75) is 25.6 Å². The number of carbonyl (C=O) groups is 1. The normalized spacial score (nSPS) is 12.9. The molecule has 0 aliphatic carbocycles. The second-order valence-electron chi connectivity index (χ2n) is 4.09. The molecule has 1 N–H and O–H groups in total. The summed E-state index contributed by atoms with van der Waals surface area (Å²) in [6, 6.07) is 1.89. The molecule has 19 heavy (non-hydrogen) atoms. The predicted molar refractivity (Wildman–Crippen MR) is 63.1 cm³/mol. The Morgan fingerprint density at radius 1 is 1.47 bits per heavy atom. The Morgan fingerprint density at radius 3 is 2.63 bits per heavy atom. The highest BCUT2D eigenvalue weighted by molar-refractivity contribution is 5.94. The molecule has 0 fully saturated rings. The second kappa shape index (κ2) is 5.86. The van der Waals surface area contributed by atoms with E-state index in [1.165, 1.54) is 0 Å². The molecular formula is C13H13F4NO. The van der Waals surface area contributed by atoms with Gasteiger partial charge in [0.15, 0.2) is 0 Å². The molecule has 104 valence electrons. The van der Waals surface area contributed by atoms with E-state index >= 15 is 0 Å². The summed E-state index contributed by atoms with van der Waals surface area (Å²) < 4.78 is 50.5. The highest BCUT2D eigenvalue weighted by atomic mass is 19.4. The van der Waals surface area contributed by atoms with E-state index in [4.69, 9.17) is 0 Å². The molecule has 0 spiro atoms. The second-order valence-corrected chi connectivity index (χ2v) is 4.09. The average Bonchev–Trinajstić information content (AvgIpc) is 2.27. The smallest absolute Gasteiger partial charge is 0.349 e. The summed E-state index contributed by atoms with van der Waals surface area (Å²) in [5, 5.41) is 2.50. The quantitative estimate of drug-likeness (QED) is 0.661. The highest BCUT2D eigenvalue weighted by Crippen LogP contribution is 2.31. The fourth-order valence-electron chi connectivity index (χ4n) is 1.50. The number of halogens is 4. The van der Waals surface area contributed by atoms with Crippen LogP contribution >= 0.6 is 0 Å². The first-order chi connectivity index (χ1) is 8.75. The molecule has 0 saturated carbocycles. The van der Waals surface area contributed by atoms with Crippen LogP contribution in [0.4, 0.5) is 17.6 Å². The van der Waals surface area contributed by atoms with Crippen molar-refractivity contribution in [3.63, 3.8) is 0 Å². The Hall–Kier alpha value is -1.85. The van der Waals surface area contributed by atoms with E-state index in [0.29, 0.717) is 18.6 Å². The van der Waals surface area contributed by atoms with E-state index in [1.54, 1.807) is 13.0 Å². The zero-order valence-corrected chi connectivity index (χ0v) is 10.2. The van der Waals surface area contributed by atoms with E-state index in [1.807, 2.05) is 0 Å². The molecule has 1 rings (SSSR count). The topological polar surface area (TPSA) is 29.1 Å². The molecule has 0 aromatic heterocycles.